The first-order valence-corrected chi connectivity index (χ1v) is 11.7. The van der Waals surface area contributed by atoms with E-state index >= 15 is 0 Å². The number of amidine groups is 2. The number of carbonyl (C=O) groups excluding carboxylic acids is 1. The number of hydrogen-bond acceptors (Lipinski definition) is 6. The van der Waals surface area contributed by atoms with E-state index in [4.69, 9.17) is 26.5 Å². The van der Waals surface area contributed by atoms with Gasteiger partial charge >= 0.3 is 0 Å². The van der Waals surface area contributed by atoms with Crippen LogP contribution >= 0.6 is 23.4 Å². The van der Waals surface area contributed by atoms with Crippen LogP contribution in [0.5, 0.6) is 11.5 Å². The standard InChI is InChI=1S/C24H23ClN4O3S/c1-4-31-19-12-16(11-18(25)20(19)32-13-15-8-6-5-7-9-15)10-17-21(26)29-24(27-22(17)30)33-23(28-29)14(2)3/h5-12,14,26H,4,13H2,1-3H3/b17-10-,26-21?. The Labute approximate surface area is 201 Å². The lowest BCUT2D eigenvalue weighted by atomic mass is 10.1. The second kappa shape index (κ2) is 9.80. The van der Waals surface area contributed by atoms with Gasteiger partial charge in [0.25, 0.3) is 5.91 Å². The van der Waals surface area contributed by atoms with Gasteiger partial charge in [0, 0.05) is 5.92 Å². The van der Waals surface area contributed by atoms with Crippen molar-refractivity contribution >= 4 is 51.4 Å². The van der Waals surface area contributed by atoms with Crippen molar-refractivity contribution in [2.75, 3.05) is 6.61 Å². The van der Waals surface area contributed by atoms with E-state index in [2.05, 4.69) is 10.1 Å². The molecule has 0 atom stereocenters. The fourth-order valence-electron chi connectivity index (χ4n) is 3.21. The lowest BCUT2D eigenvalue weighted by Gasteiger charge is -2.20. The average molecular weight is 483 g/mol. The molecule has 9 heteroatoms. The molecule has 2 aliphatic rings. The molecule has 0 radical (unpaired) electrons. The number of hydrogen-bond donors (Lipinski definition) is 1. The zero-order valence-electron chi connectivity index (χ0n) is 18.5. The molecule has 0 unspecified atom stereocenters. The molecule has 0 saturated carbocycles. The maximum atomic E-state index is 12.7. The maximum Gasteiger partial charge on any atom is 0.283 e. The third-order valence-electron chi connectivity index (χ3n) is 4.83. The Hall–Kier alpha value is -3.10. The summed E-state index contributed by atoms with van der Waals surface area (Å²) in [5.74, 6) is 0.555. The van der Waals surface area contributed by atoms with Crippen molar-refractivity contribution in [1.82, 2.24) is 5.01 Å². The fraction of sp³-hybridized carbons (Fsp3) is 0.250. The van der Waals surface area contributed by atoms with Crippen molar-refractivity contribution in [2.45, 2.75) is 27.4 Å². The summed E-state index contributed by atoms with van der Waals surface area (Å²) < 4.78 is 11.7. The molecule has 2 heterocycles. The largest absolute Gasteiger partial charge is 0.490 e. The number of benzene rings is 2. The van der Waals surface area contributed by atoms with Crippen molar-refractivity contribution in [3.63, 3.8) is 0 Å². The number of nitrogens with one attached hydrogen (secondary N) is 1. The predicted octanol–water partition coefficient (Wildman–Crippen LogP) is 5.59. The van der Waals surface area contributed by atoms with Gasteiger partial charge in [-0.25, -0.2) is 0 Å². The summed E-state index contributed by atoms with van der Waals surface area (Å²) in [5.41, 5.74) is 1.73. The van der Waals surface area contributed by atoms with Crippen molar-refractivity contribution in [2.24, 2.45) is 16.0 Å². The summed E-state index contributed by atoms with van der Waals surface area (Å²) in [6, 6.07) is 13.2. The molecule has 0 spiro atoms. The summed E-state index contributed by atoms with van der Waals surface area (Å²) in [6.45, 7) is 6.63. The number of carbonyl (C=O) groups is 1. The van der Waals surface area contributed by atoms with Crippen LogP contribution in [-0.4, -0.2) is 33.6 Å². The second-order valence-electron chi connectivity index (χ2n) is 7.65. The number of nitrogens with zero attached hydrogens (tertiary/aromatic N) is 3. The van der Waals surface area contributed by atoms with E-state index in [1.54, 1.807) is 18.2 Å². The molecule has 170 valence electrons. The van der Waals surface area contributed by atoms with E-state index in [0.717, 1.165) is 10.6 Å². The van der Waals surface area contributed by atoms with Gasteiger partial charge in [-0.1, -0.05) is 55.8 Å². The van der Waals surface area contributed by atoms with E-state index in [9.17, 15) is 4.79 Å². The van der Waals surface area contributed by atoms with Crippen LogP contribution in [0.3, 0.4) is 0 Å². The Morgan fingerprint density at radius 3 is 2.67 bits per heavy atom. The first-order chi connectivity index (χ1) is 15.9. The highest BCUT2D eigenvalue weighted by Crippen LogP contribution is 2.38. The van der Waals surface area contributed by atoms with Gasteiger partial charge in [0.05, 0.1) is 17.2 Å². The smallest absolute Gasteiger partial charge is 0.283 e. The van der Waals surface area contributed by atoms with E-state index in [-0.39, 0.29) is 17.3 Å². The molecule has 33 heavy (non-hydrogen) atoms. The van der Waals surface area contributed by atoms with Gasteiger partial charge in [0.2, 0.25) is 5.17 Å². The zero-order valence-corrected chi connectivity index (χ0v) is 20.0. The molecule has 0 saturated heterocycles. The first-order valence-electron chi connectivity index (χ1n) is 10.5. The zero-order chi connectivity index (χ0) is 23.5. The van der Waals surface area contributed by atoms with E-state index in [1.165, 1.54) is 16.8 Å². The summed E-state index contributed by atoms with van der Waals surface area (Å²) in [6.07, 6.45) is 1.58. The summed E-state index contributed by atoms with van der Waals surface area (Å²) in [4.78, 5) is 16.8. The van der Waals surface area contributed by atoms with Crippen molar-refractivity contribution in [3.8, 4) is 11.5 Å². The molecule has 4 rings (SSSR count). The number of rotatable bonds is 7. The van der Waals surface area contributed by atoms with Crippen LogP contribution in [0.15, 0.2) is 58.1 Å². The number of thioether (sulfide) groups is 1. The molecule has 0 aromatic heterocycles. The van der Waals surface area contributed by atoms with E-state index < -0.39 is 5.91 Å². The lowest BCUT2D eigenvalue weighted by Crippen LogP contribution is -2.35. The molecule has 2 aliphatic heterocycles. The van der Waals surface area contributed by atoms with Gasteiger partial charge < -0.3 is 9.47 Å². The first kappa shape index (κ1) is 23.1. The Kier molecular flexibility index (Phi) is 6.85. The predicted molar refractivity (Wildman–Crippen MR) is 133 cm³/mol. The number of aliphatic imine (C=N–C) groups is 1. The topological polar surface area (TPSA) is 87.3 Å². The van der Waals surface area contributed by atoms with Crippen LogP contribution in [0.2, 0.25) is 5.02 Å². The van der Waals surface area contributed by atoms with Crippen LogP contribution in [-0.2, 0) is 11.4 Å². The molecule has 0 bridgehead atoms. The highest BCUT2D eigenvalue weighted by molar-refractivity contribution is 8.27. The highest BCUT2D eigenvalue weighted by Gasteiger charge is 2.36. The molecule has 1 N–H and O–H groups in total. The Morgan fingerprint density at radius 2 is 1.97 bits per heavy atom. The molecule has 2 aromatic carbocycles. The Morgan fingerprint density at radius 1 is 1.21 bits per heavy atom. The van der Waals surface area contributed by atoms with Gasteiger partial charge in [-0.3, -0.25) is 10.2 Å². The number of ether oxygens (including phenoxy) is 2. The van der Waals surface area contributed by atoms with Gasteiger partial charge in [-0.2, -0.15) is 15.1 Å². The molecule has 2 aromatic rings. The molecular formula is C24H23ClN4O3S. The summed E-state index contributed by atoms with van der Waals surface area (Å²) in [7, 11) is 0. The number of halogens is 1. The van der Waals surface area contributed by atoms with Crippen molar-refractivity contribution in [3.05, 3.63) is 64.2 Å². The second-order valence-corrected chi connectivity index (χ2v) is 9.04. The minimum atomic E-state index is -0.488. The Balaban J connectivity index is 1.64. The van der Waals surface area contributed by atoms with Crippen LogP contribution in [0.25, 0.3) is 6.08 Å². The maximum absolute atomic E-state index is 12.7. The van der Waals surface area contributed by atoms with Crippen molar-refractivity contribution in [1.29, 1.82) is 5.41 Å². The van der Waals surface area contributed by atoms with Gasteiger partial charge in [-0.15, -0.1) is 0 Å². The average Bonchev–Trinajstić information content (AvgIpc) is 3.21. The third kappa shape index (κ3) is 4.96. The normalized spacial score (nSPS) is 16.8. The van der Waals surface area contributed by atoms with E-state index in [0.29, 0.717) is 40.5 Å². The number of fused-ring (bicyclic) bond motifs is 1. The Bertz CT molecular complexity index is 1190. The molecule has 0 aliphatic carbocycles. The number of amides is 1. The monoisotopic (exact) mass is 482 g/mol. The van der Waals surface area contributed by atoms with E-state index in [1.807, 2.05) is 51.1 Å². The molecular weight excluding hydrogens is 460 g/mol. The third-order valence-corrected chi connectivity index (χ3v) is 6.32. The van der Waals surface area contributed by atoms with Crippen LogP contribution in [0, 0.1) is 11.3 Å². The van der Waals surface area contributed by atoms with Crippen LogP contribution < -0.4 is 9.47 Å². The SMILES string of the molecule is CCOc1cc(/C=C2/C(=N)N3N=C(C(C)C)SC3=NC2=O)cc(Cl)c1OCc1ccccc1. The van der Waals surface area contributed by atoms with Crippen LogP contribution in [0.4, 0.5) is 0 Å². The minimum Gasteiger partial charge on any atom is -0.490 e. The van der Waals surface area contributed by atoms with Gasteiger partial charge in [-0.05, 0) is 48.0 Å². The summed E-state index contributed by atoms with van der Waals surface area (Å²) >= 11 is 7.85. The van der Waals surface area contributed by atoms with Gasteiger partial charge in [0.1, 0.15) is 11.7 Å². The van der Waals surface area contributed by atoms with Gasteiger partial charge in [0.15, 0.2) is 17.3 Å². The number of hydrazone groups is 1. The molecule has 0 fully saturated rings. The lowest BCUT2D eigenvalue weighted by molar-refractivity contribution is -0.114. The summed E-state index contributed by atoms with van der Waals surface area (Å²) in [5, 5.41) is 15.9. The minimum absolute atomic E-state index is 0.0216. The molecule has 7 nitrogen and oxygen atoms in total. The quantitative estimate of drug-likeness (QED) is 0.519. The van der Waals surface area contributed by atoms with Crippen LogP contribution in [0.1, 0.15) is 31.9 Å². The van der Waals surface area contributed by atoms with Crippen molar-refractivity contribution < 1.29 is 14.3 Å². The highest BCUT2D eigenvalue weighted by atomic mass is 35.5. The molecule has 1 amide bonds. The fourth-order valence-corrected chi connectivity index (χ4v) is 4.38.